The summed E-state index contributed by atoms with van der Waals surface area (Å²) in [6.45, 7) is 6.28. The van der Waals surface area contributed by atoms with Gasteiger partial charge in [0.25, 0.3) is 0 Å². The van der Waals surface area contributed by atoms with E-state index in [4.69, 9.17) is 4.52 Å². The first-order valence-electron chi connectivity index (χ1n) is 7.23. The number of hydrogen-bond donors (Lipinski definition) is 1. The van der Waals surface area contributed by atoms with Gasteiger partial charge in [0, 0.05) is 25.2 Å². The Hall–Kier alpha value is -0.870. The molecule has 1 heterocycles. The highest BCUT2D eigenvalue weighted by Gasteiger charge is 2.24. The fourth-order valence-electron chi connectivity index (χ4n) is 2.24. The summed E-state index contributed by atoms with van der Waals surface area (Å²) in [5.74, 6) is 1.94. The van der Waals surface area contributed by atoms with Crippen molar-refractivity contribution in [3.63, 3.8) is 0 Å². The molecule has 4 heteroatoms. The second-order valence-corrected chi connectivity index (χ2v) is 5.71. The lowest BCUT2D eigenvalue weighted by molar-refractivity contribution is 0.232. The molecule has 1 aromatic rings. The van der Waals surface area contributed by atoms with Crippen molar-refractivity contribution in [2.75, 3.05) is 13.1 Å². The van der Waals surface area contributed by atoms with E-state index >= 15 is 0 Å². The molecule has 0 radical (unpaired) electrons. The molecule has 0 amide bonds. The summed E-state index contributed by atoms with van der Waals surface area (Å²) < 4.78 is 5.42. The quantitative estimate of drug-likeness (QED) is 0.766. The molecule has 0 atom stereocenters. The van der Waals surface area contributed by atoms with Crippen molar-refractivity contribution in [2.24, 2.45) is 5.92 Å². The highest BCUT2D eigenvalue weighted by molar-refractivity contribution is 5.06. The lowest BCUT2D eigenvalue weighted by Gasteiger charge is -2.17. The molecule has 100 valence electrons. The summed E-state index contributed by atoms with van der Waals surface area (Å²) in [5.41, 5.74) is 1.04. The Labute approximate surface area is 109 Å². The van der Waals surface area contributed by atoms with Crippen molar-refractivity contribution in [3.05, 3.63) is 17.5 Å². The number of nitrogens with one attached hydrogen (secondary N) is 1. The zero-order valence-electron chi connectivity index (χ0n) is 11.2. The molecule has 18 heavy (non-hydrogen) atoms. The Morgan fingerprint density at radius 2 is 2.22 bits per heavy atom. The van der Waals surface area contributed by atoms with E-state index in [1.165, 1.54) is 32.2 Å². The van der Waals surface area contributed by atoms with E-state index in [2.05, 4.69) is 28.4 Å². The molecule has 0 saturated heterocycles. The first-order valence-corrected chi connectivity index (χ1v) is 7.23. The minimum Gasteiger partial charge on any atom is -0.360 e. The van der Waals surface area contributed by atoms with Gasteiger partial charge in [0.05, 0.1) is 12.2 Å². The van der Waals surface area contributed by atoms with Crippen LogP contribution in [0.4, 0.5) is 0 Å². The van der Waals surface area contributed by atoms with Crippen LogP contribution < -0.4 is 5.32 Å². The van der Waals surface area contributed by atoms with Crippen LogP contribution >= 0.6 is 0 Å². The molecule has 3 rings (SSSR count). The highest BCUT2D eigenvalue weighted by Crippen LogP contribution is 2.30. The van der Waals surface area contributed by atoms with Crippen molar-refractivity contribution in [1.82, 2.24) is 15.4 Å². The second-order valence-electron chi connectivity index (χ2n) is 5.71. The van der Waals surface area contributed by atoms with Crippen LogP contribution in [0.5, 0.6) is 0 Å². The van der Waals surface area contributed by atoms with Crippen molar-refractivity contribution in [3.8, 4) is 0 Å². The van der Waals surface area contributed by atoms with E-state index in [0.29, 0.717) is 0 Å². The van der Waals surface area contributed by atoms with E-state index < -0.39 is 0 Å². The van der Waals surface area contributed by atoms with Crippen molar-refractivity contribution in [2.45, 2.75) is 51.7 Å². The molecular formula is C14H23N3O. The van der Waals surface area contributed by atoms with Gasteiger partial charge in [0.15, 0.2) is 5.76 Å². The van der Waals surface area contributed by atoms with Crippen molar-refractivity contribution in [1.29, 1.82) is 0 Å². The van der Waals surface area contributed by atoms with Crippen LogP contribution in [-0.2, 0) is 13.1 Å². The average Bonchev–Trinajstić information content (AvgIpc) is 3.28. The van der Waals surface area contributed by atoms with Gasteiger partial charge in [-0.2, -0.15) is 0 Å². The molecule has 0 aromatic carbocycles. The molecule has 0 aliphatic heterocycles. The summed E-state index contributed by atoms with van der Waals surface area (Å²) in [7, 11) is 0. The third kappa shape index (κ3) is 3.56. The Morgan fingerprint density at radius 3 is 2.89 bits per heavy atom. The maximum atomic E-state index is 5.42. The van der Waals surface area contributed by atoms with Gasteiger partial charge in [-0.1, -0.05) is 12.1 Å². The van der Waals surface area contributed by atoms with Crippen LogP contribution in [-0.4, -0.2) is 29.2 Å². The molecule has 2 aliphatic rings. The van der Waals surface area contributed by atoms with Gasteiger partial charge in [0.1, 0.15) is 0 Å². The Morgan fingerprint density at radius 1 is 1.39 bits per heavy atom. The van der Waals surface area contributed by atoms with Gasteiger partial charge >= 0.3 is 0 Å². The zero-order chi connectivity index (χ0) is 12.4. The van der Waals surface area contributed by atoms with E-state index in [-0.39, 0.29) is 0 Å². The topological polar surface area (TPSA) is 41.3 Å². The minimum absolute atomic E-state index is 0.729. The summed E-state index contributed by atoms with van der Waals surface area (Å²) in [5, 5.41) is 7.59. The fourth-order valence-corrected chi connectivity index (χ4v) is 2.24. The third-order valence-corrected chi connectivity index (χ3v) is 3.80. The lowest BCUT2D eigenvalue weighted by Crippen LogP contribution is -2.24. The molecule has 1 aromatic heterocycles. The number of hydrogen-bond acceptors (Lipinski definition) is 4. The Kier molecular flexibility index (Phi) is 3.66. The normalized spacial score (nSPS) is 19.7. The minimum atomic E-state index is 0.729. The Bertz CT molecular complexity index is 382. The molecule has 2 aliphatic carbocycles. The standard InChI is InChI=1S/C14H23N3O/c1-2-17(9-11-3-4-11)10-14-7-13(16-18-14)8-15-12-5-6-12/h7,11-12,15H,2-6,8-10H2,1H3. The fraction of sp³-hybridized carbons (Fsp3) is 0.786. The van der Waals surface area contributed by atoms with Gasteiger partial charge in [-0.15, -0.1) is 0 Å². The first kappa shape index (κ1) is 12.2. The largest absolute Gasteiger partial charge is 0.360 e. The molecule has 0 bridgehead atoms. The van der Waals surface area contributed by atoms with Crippen LogP contribution in [0.3, 0.4) is 0 Å². The van der Waals surface area contributed by atoms with E-state index in [0.717, 1.165) is 43.0 Å². The molecule has 1 N–H and O–H groups in total. The third-order valence-electron chi connectivity index (χ3n) is 3.80. The van der Waals surface area contributed by atoms with E-state index in [9.17, 15) is 0 Å². The van der Waals surface area contributed by atoms with Crippen molar-refractivity contribution >= 4 is 0 Å². The lowest BCUT2D eigenvalue weighted by atomic mass is 10.3. The van der Waals surface area contributed by atoms with Gasteiger partial charge < -0.3 is 9.84 Å². The average molecular weight is 249 g/mol. The predicted molar refractivity (Wildman–Crippen MR) is 70.0 cm³/mol. The molecule has 2 saturated carbocycles. The van der Waals surface area contributed by atoms with Gasteiger partial charge in [-0.05, 0) is 38.1 Å². The van der Waals surface area contributed by atoms with Crippen LogP contribution in [0, 0.1) is 5.92 Å². The summed E-state index contributed by atoms with van der Waals surface area (Å²) in [4.78, 5) is 2.45. The van der Waals surface area contributed by atoms with Crippen LogP contribution in [0.2, 0.25) is 0 Å². The molecule has 0 spiro atoms. The zero-order valence-corrected chi connectivity index (χ0v) is 11.2. The van der Waals surface area contributed by atoms with Gasteiger partial charge in [0.2, 0.25) is 0 Å². The maximum absolute atomic E-state index is 5.42. The van der Waals surface area contributed by atoms with Gasteiger partial charge in [-0.3, -0.25) is 4.90 Å². The predicted octanol–water partition coefficient (Wildman–Crippen LogP) is 2.16. The summed E-state index contributed by atoms with van der Waals surface area (Å²) in [6, 6.07) is 2.83. The number of nitrogens with zero attached hydrogens (tertiary/aromatic N) is 2. The summed E-state index contributed by atoms with van der Waals surface area (Å²) >= 11 is 0. The SMILES string of the molecule is CCN(Cc1cc(CNC2CC2)no1)CC1CC1. The molecule has 4 nitrogen and oxygen atoms in total. The highest BCUT2D eigenvalue weighted by atomic mass is 16.5. The van der Waals surface area contributed by atoms with Gasteiger partial charge in [-0.25, -0.2) is 0 Å². The number of aromatic nitrogens is 1. The monoisotopic (exact) mass is 249 g/mol. The Balaban J connectivity index is 1.47. The first-order chi connectivity index (χ1) is 8.83. The molecule has 0 unspecified atom stereocenters. The smallest absolute Gasteiger partial charge is 0.151 e. The second kappa shape index (κ2) is 5.41. The molecule has 2 fully saturated rings. The maximum Gasteiger partial charge on any atom is 0.151 e. The van der Waals surface area contributed by atoms with E-state index in [1.54, 1.807) is 0 Å². The van der Waals surface area contributed by atoms with E-state index in [1.807, 2.05) is 0 Å². The van der Waals surface area contributed by atoms with Crippen LogP contribution in [0.1, 0.15) is 44.1 Å². The summed E-state index contributed by atoms with van der Waals surface area (Å²) in [6.07, 6.45) is 5.44. The van der Waals surface area contributed by atoms with Crippen molar-refractivity contribution < 1.29 is 4.52 Å². The van der Waals surface area contributed by atoms with Crippen LogP contribution in [0.15, 0.2) is 10.6 Å². The number of rotatable bonds is 8. The van der Waals surface area contributed by atoms with Crippen LogP contribution in [0.25, 0.3) is 0 Å². The molecular weight excluding hydrogens is 226 g/mol.